The fraction of sp³-hybridized carbons (Fsp3) is 0.250. The number of ether oxygens (including phenoxy) is 2. The lowest BCUT2D eigenvalue weighted by Gasteiger charge is -2.09. The Hall–Kier alpha value is -0.650. The summed E-state index contributed by atoms with van der Waals surface area (Å²) < 4.78 is 15.2. The lowest BCUT2D eigenvalue weighted by molar-refractivity contribution is 0.348. The van der Waals surface area contributed by atoms with Crippen molar-refractivity contribution in [3.8, 4) is 17.2 Å². The second-order valence-corrected chi connectivity index (χ2v) is 2.51. The predicted octanol–water partition coefficient (Wildman–Crippen LogP) is 2.43. The van der Waals surface area contributed by atoms with E-state index < -0.39 is 0 Å². The quantitative estimate of drug-likeness (QED) is 0.796. The van der Waals surface area contributed by atoms with Crippen molar-refractivity contribution in [2.75, 3.05) is 14.2 Å². The van der Waals surface area contributed by atoms with Crippen LogP contribution in [0.15, 0.2) is 18.2 Å². The molecule has 0 N–H and O–H groups in total. The van der Waals surface area contributed by atoms with Crippen LogP contribution in [0.5, 0.6) is 17.2 Å². The maximum atomic E-state index is 5.10. The Balaban J connectivity index is 3.13. The van der Waals surface area contributed by atoms with Gasteiger partial charge in [-0.05, 0) is 12.1 Å². The smallest absolute Gasteiger partial charge is 0.204 e. The van der Waals surface area contributed by atoms with Crippen LogP contribution in [0, 0.1) is 0 Å². The molecule has 0 atom stereocenters. The molecule has 0 bridgehead atoms. The normalized spacial score (nSPS) is 9.25. The standard InChI is InChI=1S/C8H9IO3/c1-10-6-4-3-5-7(12-9)8(6)11-2/h3-5H,1-2H3. The first-order valence-electron chi connectivity index (χ1n) is 3.33. The van der Waals surface area contributed by atoms with Gasteiger partial charge in [-0.15, -0.1) is 0 Å². The van der Waals surface area contributed by atoms with Crippen LogP contribution in [0.25, 0.3) is 0 Å². The number of benzene rings is 1. The van der Waals surface area contributed by atoms with Crippen molar-refractivity contribution in [1.82, 2.24) is 0 Å². The first-order chi connectivity index (χ1) is 5.83. The minimum absolute atomic E-state index is 0.620. The average molecular weight is 280 g/mol. The highest BCUT2D eigenvalue weighted by Gasteiger charge is 2.09. The molecule has 0 saturated carbocycles. The summed E-state index contributed by atoms with van der Waals surface area (Å²) in [6.07, 6.45) is 0. The Labute approximate surface area is 85.3 Å². The van der Waals surface area contributed by atoms with Gasteiger partial charge in [-0.3, -0.25) is 0 Å². The Morgan fingerprint density at radius 1 is 1.08 bits per heavy atom. The summed E-state index contributed by atoms with van der Waals surface area (Å²) in [5, 5.41) is 0. The van der Waals surface area contributed by atoms with Crippen LogP contribution in [-0.2, 0) is 0 Å². The Bertz CT molecular complexity index is 240. The lowest BCUT2D eigenvalue weighted by Crippen LogP contribution is -1.91. The van der Waals surface area contributed by atoms with E-state index in [2.05, 4.69) is 0 Å². The minimum Gasteiger partial charge on any atom is -0.493 e. The predicted molar refractivity (Wildman–Crippen MR) is 54.2 cm³/mol. The molecule has 12 heavy (non-hydrogen) atoms. The van der Waals surface area contributed by atoms with Gasteiger partial charge in [0.1, 0.15) is 0 Å². The van der Waals surface area contributed by atoms with Crippen molar-refractivity contribution in [3.05, 3.63) is 18.2 Å². The fourth-order valence-corrected chi connectivity index (χ4v) is 1.27. The van der Waals surface area contributed by atoms with E-state index in [1.165, 1.54) is 0 Å². The van der Waals surface area contributed by atoms with E-state index in [0.29, 0.717) is 17.2 Å². The van der Waals surface area contributed by atoms with E-state index >= 15 is 0 Å². The molecule has 0 amide bonds. The van der Waals surface area contributed by atoms with Crippen molar-refractivity contribution in [1.29, 1.82) is 0 Å². The van der Waals surface area contributed by atoms with Crippen LogP contribution in [0.2, 0.25) is 0 Å². The molecular formula is C8H9IO3. The van der Waals surface area contributed by atoms with E-state index in [-0.39, 0.29) is 0 Å². The third-order valence-electron chi connectivity index (χ3n) is 1.45. The van der Waals surface area contributed by atoms with Gasteiger partial charge in [0.25, 0.3) is 0 Å². The molecule has 0 heterocycles. The third-order valence-corrected chi connectivity index (χ3v) is 1.92. The van der Waals surface area contributed by atoms with Crippen LogP contribution >= 0.6 is 23.0 Å². The summed E-state index contributed by atoms with van der Waals surface area (Å²) in [5.41, 5.74) is 0. The van der Waals surface area contributed by atoms with E-state index in [1.54, 1.807) is 37.2 Å². The number of halogens is 1. The number of hydrogen-bond donors (Lipinski definition) is 0. The summed E-state index contributed by atoms with van der Waals surface area (Å²) in [6, 6.07) is 5.47. The van der Waals surface area contributed by atoms with Gasteiger partial charge < -0.3 is 12.5 Å². The number of hydrogen-bond acceptors (Lipinski definition) is 3. The maximum Gasteiger partial charge on any atom is 0.204 e. The minimum atomic E-state index is 0.620. The molecule has 0 saturated heterocycles. The molecule has 0 fully saturated rings. The van der Waals surface area contributed by atoms with E-state index in [4.69, 9.17) is 12.5 Å². The second kappa shape index (κ2) is 4.39. The Morgan fingerprint density at radius 2 is 1.75 bits per heavy atom. The van der Waals surface area contributed by atoms with Crippen molar-refractivity contribution >= 4 is 23.0 Å². The summed E-state index contributed by atoms with van der Waals surface area (Å²) in [6.45, 7) is 0. The van der Waals surface area contributed by atoms with Gasteiger partial charge >= 0.3 is 0 Å². The number of rotatable bonds is 3. The summed E-state index contributed by atoms with van der Waals surface area (Å²) in [7, 11) is 3.17. The lowest BCUT2D eigenvalue weighted by atomic mass is 10.3. The van der Waals surface area contributed by atoms with Crippen molar-refractivity contribution in [2.24, 2.45) is 0 Å². The molecule has 66 valence electrons. The molecule has 0 aliphatic heterocycles. The first-order valence-corrected chi connectivity index (χ1v) is 4.21. The molecule has 0 aliphatic carbocycles. The zero-order chi connectivity index (χ0) is 8.97. The zero-order valence-corrected chi connectivity index (χ0v) is 8.99. The maximum absolute atomic E-state index is 5.10. The highest BCUT2D eigenvalue weighted by molar-refractivity contribution is 14.1. The molecule has 1 aromatic rings. The van der Waals surface area contributed by atoms with Gasteiger partial charge in [-0.2, -0.15) is 0 Å². The highest BCUT2D eigenvalue weighted by atomic mass is 127. The fourth-order valence-electron chi connectivity index (χ4n) is 0.918. The second-order valence-electron chi connectivity index (χ2n) is 2.07. The molecule has 0 spiro atoms. The van der Waals surface area contributed by atoms with Gasteiger partial charge in [0, 0.05) is 0 Å². The average Bonchev–Trinajstić information content (AvgIpc) is 2.16. The summed E-state index contributed by atoms with van der Waals surface area (Å²) in [4.78, 5) is 0. The monoisotopic (exact) mass is 280 g/mol. The third kappa shape index (κ3) is 1.74. The van der Waals surface area contributed by atoms with E-state index in [1.807, 2.05) is 18.2 Å². The number of para-hydroxylation sites is 1. The van der Waals surface area contributed by atoms with E-state index in [0.717, 1.165) is 0 Å². The number of methoxy groups -OCH3 is 2. The van der Waals surface area contributed by atoms with Crippen molar-refractivity contribution < 1.29 is 12.5 Å². The SMILES string of the molecule is COc1cccc(OI)c1OC. The van der Waals surface area contributed by atoms with Gasteiger partial charge in [-0.25, -0.2) is 0 Å². The molecule has 0 aromatic heterocycles. The molecule has 0 radical (unpaired) electrons. The van der Waals surface area contributed by atoms with Gasteiger partial charge in [-0.1, -0.05) is 6.07 Å². The van der Waals surface area contributed by atoms with Crippen LogP contribution < -0.4 is 12.5 Å². The topological polar surface area (TPSA) is 27.7 Å². The van der Waals surface area contributed by atoms with Crippen molar-refractivity contribution in [2.45, 2.75) is 0 Å². The molecule has 1 rings (SSSR count). The molecule has 3 nitrogen and oxygen atoms in total. The van der Waals surface area contributed by atoms with Crippen LogP contribution in [0.4, 0.5) is 0 Å². The van der Waals surface area contributed by atoms with Crippen LogP contribution in [0.1, 0.15) is 0 Å². The molecule has 1 aromatic carbocycles. The molecular weight excluding hydrogens is 271 g/mol. The molecule has 4 heteroatoms. The Morgan fingerprint density at radius 3 is 2.25 bits per heavy atom. The molecule has 0 unspecified atom stereocenters. The van der Waals surface area contributed by atoms with E-state index in [9.17, 15) is 0 Å². The van der Waals surface area contributed by atoms with Gasteiger partial charge in [0.15, 0.2) is 34.5 Å². The highest BCUT2D eigenvalue weighted by Crippen LogP contribution is 2.37. The Kier molecular flexibility index (Phi) is 3.46. The zero-order valence-electron chi connectivity index (χ0n) is 6.83. The summed E-state index contributed by atoms with van der Waals surface area (Å²) in [5.74, 6) is 1.96. The first kappa shape index (κ1) is 9.44. The summed E-state index contributed by atoms with van der Waals surface area (Å²) >= 11 is 1.80. The van der Waals surface area contributed by atoms with Gasteiger partial charge in [0.2, 0.25) is 5.75 Å². The van der Waals surface area contributed by atoms with Crippen molar-refractivity contribution in [3.63, 3.8) is 0 Å². The van der Waals surface area contributed by atoms with Crippen LogP contribution in [0.3, 0.4) is 0 Å². The largest absolute Gasteiger partial charge is 0.493 e. The van der Waals surface area contributed by atoms with Crippen LogP contribution in [-0.4, -0.2) is 14.2 Å². The molecule has 0 aliphatic rings. The van der Waals surface area contributed by atoms with Gasteiger partial charge in [0.05, 0.1) is 14.2 Å².